The molecule has 0 heterocycles. The summed E-state index contributed by atoms with van der Waals surface area (Å²) < 4.78 is 16.3. The van der Waals surface area contributed by atoms with E-state index in [1.807, 2.05) is 43.4 Å². The zero-order valence-electron chi connectivity index (χ0n) is 12.9. The van der Waals surface area contributed by atoms with Crippen molar-refractivity contribution >= 4 is 0 Å². The highest BCUT2D eigenvalue weighted by Gasteiger charge is 2.15. The number of para-hydroxylation sites is 1. The number of methoxy groups -OCH3 is 3. The van der Waals surface area contributed by atoms with Crippen LogP contribution in [0.25, 0.3) is 11.1 Å². The third-order valence-corrected chi connectivity index (χ3v) is 3.37. The van der Waals surface area contributed by atoms with Crippen molar-refractivity contribution in [3.8, 4) is 28.4 Å². The molecule has 21 heavy (non-hydrogen) atoms. The number of benzene rings is 2. The molecule has 0 radical (unpaired) electrons. The highest BCUT2D eigenvalue weighted by atomic mass is 16.5. The zero-order chi connectivity index (χ0) is 15.2. The van der Waals surface area contributed by atoms with Gasteiger partial charge in [-0.2, -0.15) is 0 Å². The van der Waals surface area contributed by atoms with E-state index >= 15 is 0 Å². The quantitative estimate of drug-likeness (QED) is 0.886. The average molecular weight is 287 g/mol. The molecule has 0 amide bonds. The monoisotopic (exact) mass is 287 g/mol. The summed E-state index contributed by atoms with van der Waals surface area (Å²) in [5.74, 6) is 2.27. The van der Waals surface area contributed by atoms with Gasteiger partial charge in [-0.1, -0.05) is 18.2 Å². The molecule has 0 saturated heterocycles. The van der Waals surface area contributed by atoms with Crippen LogP contribution in [0.3, 0.4) is 0 Å². The molecule has 2 rings (SSSR count). The molecule has 0 aliphatic carbocycles. The smallest absolute Gasteiger partial charge is 0.161 e. The Bertz CT molecular complexity index is 611. The number of rotatable bonds is 6. The van der Waals surface area contributed by atoms with E-state index in [0.29, 0.717) is 5.75 Å². The second-order valence-corrected chi connectivity index (χ2v) is 4.59. The molecule has 0 aliphatic rings. The number of nitrogens with one attached hydrogen (secondary N) is 1. The lowest BCUT2D eigenvalue weighted by atomic mass is 9.97. The molecule has 4 nitrogen and oxygen atoms in total. The summed E-state index contributed by atoms with van der Waals surface area (Å²) in [5.41, 5.74) is 3.23. The van der Waals surface area contributed by atoms with Gasteiger partial charge in [-0.25, -0.2) is 0 Å². The Balaban J connectivity index is 2.65. The van der Waals surface area contributed by atoms with Crippen LogP contribution < -0.4 is 19.5 Å². The first kappa shape index (κ1) is 15.2. The Morgan fingerprint density at radius 2 is 1.43 bits per heavy atom. The van der Waals surface area contributed by atoms with Gasteiger partial charge in [-0.05, 0) is 36.4 Å². The molecule has 0 fully saturated rings. The molecule has 1 N–H and O–H groups in total. The first-order chi connectivity index (χ1) is 10.2. The molecule has 0 aromatic heterocycles. The van der Waals surface area contributed by atoms with Crippen LogP contribution in [0.1, 0.15) is 5.56 Å². The number of hydrogen-bond acceptors (Lipinski definition) is 4. The minimum atomic E-state index is 0.707. The van der Waals surface area contributed by atoms with Crippen LogP contribution in [0.15, 0.2) is 36.4 Å². The van der Waals surface area contributed by atoms with Crippen molar-refractivity contribution in [3.63, 3.8) is 0 Å². The van der Waals surface area contributed by atoms with Crippen molar-refractivity contribution in [2.75, 3.05) is 28.4 Å². The predicted molar refractivity (Wildman–Crippen MR) is 84.3 cm³/mol. The average Bonchev–Trinajstić information content (AvgIpc) is 2.54. The van der Waals surface area contributed by atoms with E-state index in [0.717, 1.165) is 34.7 Å². The van der Waals surface area contributed by atoms with E-state index in [4.69, 9.17) is 14.2 Å². The maximum absolute atomic E-state index is 5.47. The van der Waals surface area contributed by atoms with Crippen LogP contribution in [-0.2, 0) is 6.54 Å². The van der Waals surface area contributed by atoms with Crippen molar-refractivity contribution in [3.05, 3.63) is 42.0 Å². The van der Waals surface area contributed by atoms with Crippen LogP contribution >= 0.6 is 0 Å². The molecule has 0 aliphatic heterocycles. The van der Waals surface area contributed by atoms with Gasteiger partial charge < -0.3 is 19.5 Å². The van der Waals surface area contributed by atoms with Gasteiger partial charge in [-0.3, -0.25) is 0 Å². The molecule has 0 spiro atoms. The first-order valence-electron chi connectivity index (χ1n) is 6.78. The minimum Gasteiger partial charge on any atom is -0.496 e. The molecule has 0 atom stereocenters. The zero-order valence-corrected chi connectivity index (χ0v) is 12.9. The van der Waals surface area contributed by atoms with Crippen LogP contribution in [0.4, 0.5) is 0 Å². The normalized spacial score (nSPS) is 10.3. The maximum atomic E-state index is 5.47. The van der Waals surface area contributed by atoms with Gasteiger partial charge in [0.15, 0.2) is 11.5 Å². The molecule has 112 valence electrons. The summed E-state index contributed by atoms with van der Waals surface area (Å²) in [7, 11) is 6.88. The van der Waals surface area contributed by atoms with Crippen LogP contribution in [0.2, 0.25) is 0 Å². The fourth-order valence-electron chi connectivity index (χ4n) is 2.38. The summed E-state index contributed by atoms with van der Waals surface area (Å²) in [4.78, 5) is 0. The highest BCUT2D eigenvalue weighted by Crippen LogP contribution is 2.39. The van der Waals surface area contributed by atoms with Crippen LogP contribution in [-0.4, -0.2) is 28.4 Å². The minimum absolute atomic E-state index is 0.707. The van der Waals surface area contributed by atoms with Gasteiger partial charge in [0, 0.05) is 12.1 Å². The van der Waals surface area contributed by atoms with Crippen LogP contribution in [0, 0.1) is 0 Å². The van der Waals surface area contributed by atoms with Gasteiger partial charge in [0.05, 0.1) is 21.3 Å². The van der Waals surface area contributed by atoms with E-state index in [9.17, 15) is 0 Å². The molecule has 2 aromatic rings. The third-order valence-electron chi connectivity index (χ3n) is 3.37. The Morgan fingerprint density at radius 3 is 2.05 bits per heavy atom. The fourth-order valence-corrected chi connectivity index (χ4v) is 2.38. The molecular weight excluding hydrogens is 266 g/mol. The molecule has 2 aromatic carbocycles. The summed E-state index contributed by atoms with van der Waals surface area (Å²) in [6, 6.07) is 11.9. The van der Waals surface area contributed by atoms with E-state index in [-0.39, 0.29) is 0 Å². The second-order valence-electron chi connectivity index (χ2n) is 4.59. The standard InChI is InChI=1S/C17H21NO3/c1-18-11-12-9-16(20-3)17(21-4)10-14(12)13-7-5-6-8-15(13)19-2/h5-10,18H,11H2,1-4H3. The van der Waals surface area contributed by atoms with E-state index in [1.54, 1.807) is 21.3 Å². The number of hydrogen-bond donors (Lipinski definition) is 1. The first-order valence-corrected chi connectivity index (χ1v) is 6.78. The Labute approximate surface area is 125 Å². The molecule has 4 heteroatoms. The van der Waals surface area contributed by atoms with E-state index in [1.165, 1.54) is 0 Å². The number of ether oxygens (including phenoxy) is 3. The maximum Gasteiger partial charge on any atom is 0.161 e. The highest BCUT2D eigenvalue weighted by molar-refractivity contribution is 5.76. The summed E-state index contributed by atoms with van der Waals surface area (Å²) in [6.45, 7) is 0.730. The van der Waals surface area contributed by atoms with Gasteiger partial charge in [0.1, 0.15) is 5.75 Å². The lowest BCUT2D eigenvalue weighted by Crippen LogP contribution is -2.07. The van der Waals surface area contributed by atoms with E-state index in [2.05, 4.69) is 5.32 Å². The van der Waals surface area contributed by atoms with Crippen molar-refractivity contribution in [1.82, 2.24) is 5.32 Å². The lowest BCUT2D eigenvalue weighted by Gasteiger charge is -2.16. The van der Waals surface area contributed by atoms with Crippen molar-refractivity contribution in [2.24, 2.45) is 0 Å². The summed E-state index contributed by atoms with van der Waals surface area (Å²) >= 11 is 0. The third kappa shape index (κ3) is 3.11. The Kier molecular flexibility index (Phi) is 5.06. The molecular formula is C17H21NO3. The SMILES string of the molecule is CNCc1cc(OC)c(OC)cc1-c1ccccc1OC. The predicted octanol–water partition coefficient (Wildman–Crippen LogP) is 3.10. The van der Waals surface area contributed by atoms with Gasteiger partial charge >= 0.3 is 0 Å². The van der Waals surface area contributed by atoms with Gasteiger partial charge in [0.25, 0.3) is 0 Å². The fraction of sp³-hybridized carbons (Fsp3) is 0.294. The second kappa shape index (κ2) is 6.99. The largest absolute Gasteiger partial charge is 0.496 e. The summed E-state index contributed by atoms with van der Waals surface area (Å²) in [6.07, 6.45) is 0. The lowest BCUT2D eigenvalue weighted by molar-refractivity contribution is 0.354. The Hall–Kier alpha value is -2.20. The topological polar surface area (TPSA) is 39.7 Å². The molecule has 0 saturated carbocycles. The van der Waals surface area contributed by atoms with Crippen molar-refractivity contribution < 1.29 is 14.2 Å². The Morgan fingerprint density at radius 1 is 0.810 bits per heavy atom. The van der Waals surface area contributed by atoms with Gasteiger partial charge in [-0.15, -0.1) is 0 Å². The molecule has 0 bridgehead atoms. The van der Waals surface area contributed by atoms with Crippen LogP contribution in [0.5, 0.6) is 17.2 Å². The van der Waals surface area contributed by atoms with Crippen molar-refractivity contribution in [2.45, 2.75) is 6.54 Å². The summed E-state index contributed by atoms with van der Waals surface area (Å²) in [5, 5.41) is 3.18. The molecule has 0 unspecified atom stereocenters. The van der Waals surface area contributed by atoms with E-state index < -0.39 is 0 Å². The van der Waals surface area contributed by atoms with Gasteiger partial charge in [0.2, 0.25) is 0 Å². The van der Waals surface area contributed by atoms with Crippen molar-refractivity contribution in [1.29, 1.82) is 0 Å².